The number of fused-ring (bicyclic) bond motifs is 1. The van der Waals surface area contributed by atoms with Crippen LogP contribution in [-0.4, -0.2) is 24.5 Å². The van der Waals surface area contributed by atoms with Crippen LogP contribution in [0.2, 0.25) is 0 Å². The smallest absolute Gasteiger partial charge is 0.263 e. The molecule has 0 saturated heterocycles. The van der Waals surface area contributed by atoms with E-state index in [0.29, 0.717) is 17.2 Å². The van der Waals surface area contributed by atoms with Gasteiger partial charge in [0.15, 0.2) is 0 Å². The first-order chi connectivity index (χ1) is 9.08. The summed E-state index contributed by atoms with van der Waals surface area (Å²) in [6, 6.07) is 6.70. The molecule has 0 atom stereocenters. The fourth-order valence-corrected chi connectivity index (χ4v) is 3.11. The van der Waals surface area contributed by atoms with Crippen molar-refractivity contribution in [2.45, 2.75) is 11.4 Å². The average Bonchev–Trinajstić information content (AvgIpc) is 2.90. The van der Waals surface area contributed by atoms with Gasteiger partial charge in [-0.25, -0.2) is 8.42 Å². The van der Waals surface area contributed by atoms with E-state index in [1.54, 1.807) is 30.5 Å². The zero-order chi connectivity index (χ0) is 13.5. The van der Waals surface area contributed by atoms with Crippen LogP contribution in [0.1, 0.15) is 11.1 Å². The third-order valence-electron chi connectivity index (χ3n) is 2.82. The number of sulfonamides is 1. The Kier molecular flexibility index (Phi) is 2.53. The van der Waals surface area contributed by atoms with Crippen molar-refractivity contribution in [1.82, 2.24) is 14.9 Å². The van der Waals surface area contributed by atoms with Crippen molar-refractivity contribution in [3.05, 3.63) is 41.6 Å². The predicted molar refractivity (Wildman–Crippen MR) is 70.0 cm³/mol. The van der Waals surface area contributed by atoms with E-state index in [1.807, 2.05) is 0 Å². The number of H-pyrrole nitrogens is 1. The van der Waals surface area contributed by atoms with E-state index in [4.69, 9.17) is 5.73 Å². The third-order valence-corrected chi connectivity index (χ3v) is 4.22. The molecule has 0 bridgehead atoms. The number of nitrogens with two attached hydrogens (primary N) is 1. The molecule has 2 heterocycles. The molecule has 1 aliphatic rings. The predicted octanol–water partition coefficient (Wildman–Crippen LogP) is 0.231. The first-order valence-corrected chi connectivity index (χ1v) is 7.00. The highest BCUT2D eigenvalue weighted by Gasteiger charge is 2.29. The van der Waals surface area contributed by atoms with E-state index < -0.39 is 10.0 Å². The number of aromatic amines is 1. The number of benzene rings is 1. The lowest BCUT2D eigenvalue weighted by Crippen LogP contribution is -2.22. The molecule has 1 aromatic heterocycles. The maximum Gasteiger partial charge on any atom is 0.263 e. The standard InChI is InChI=1S/C11H11N5O2S/c12-10-7(6-14-15-10)5-13-11-8-3-1-2-4-9(8)19(17,18)16-11/h1-4,6H,5H2,(H,13,16)(H3,12,14,15). The lowest BCUT2D eigenvalue weighted by atomic mass is 10.2. The molecule has 0 fully saturated rings. The van der Waals surface area contributed by atoms with Gasteiger partial charge in [0.25, 0.3) is 10.0 Å². The third kappa shape index (κ3) is 1.95. The molecule has 0 radical (unpaired) electrons. The molecule has 3 rings (SSSR count). The largest absolute Gasteiger partial charge is 0.384 e. The summed E-state index contributed by atoms with van der Waals surface area (Å²) in [6.45, 7) is 0.258. The average molecular weight is 277 g/mol. The maximum atomic E-state index is 11.9. The summed E-state index contributed by atoms with van der Waals surface area (Å²) in [6.07, 6.45) is 1.56. The summed E-state index contributed by atoms with van der Waals surface area (Å²) in [5.41, 5.74) is 6.94. The lowest BCUT2D eigenvalue weighted by molar-refractivity contribution is 0.595. The van der Waals surface area contributed by atoms with Crippen molar-refractivity contribution in [2.75, 3.05) is 5.73 Å². The Morgan fingerprint density at radius 2 is 2.11 bits per heavy atom. The summed E-state index contributed by atoms with van der Waals surface area (Å²) in [7, 11) is -3.49. The Bertz CT molecular complexity index is 763. The molecule has 1 aromatic carbocycles. The second-order valence-electron chi connectivity index (χ2n) is 4.08. The number of rotatable bonds is 2. The van der Waals surface area contributed by atoms with Crippen molar-refractivity contribution in [3.8, 4) is 0 Å². The second kappa shape index (κ2) is 4.09. The molecular weight excluding hydrogens is 266 g/mol. The number of amidine groups is 1. The van der Waals surface area contributed by atoms with Crippen LogP contribution in [0.25, 0.3) is 0 Å². The zero-order valence-corrected chi connectivity index (χ0v) is 10.6. The fourth-order valence-electron chi connectivity index (χ4n) is 1.86. The number of nitrogen functional groups attached to an aromatic ring is 1. The van der Waals surface area contributed by atoms with Gasteiger partial charge in [-0.1, -0.05) is 12.1 Å². The normalized spacial score (nSPS) is 18.2. The van der Waals surface area contributed by atoms with Crippen LogP contribution >= 0.6 is 0 Å². The molecular formula is C11H11N5O2S. The first kappa shape index (κ1) is 11.7. The molecule has 7 nitrogen and oxygen atoms in total. The summed E-state index contributed by atoms with van der Waals surface area (Å²) in [5, 5.41) is 6.38. The van der Waals surface area contributed by atoms with Crippen molar-refractivity contribution < 1.29 is 8.42 Å². The van der Waals surface area contributed by atoms with Gasteiger partial charge in [0.2, 0.25) is 0 Å². The zero-order valence-electron chi connectivity index (χ0n) is 9.79. The summed E-state index contributed by atoms with van der Waals surface area (Å²) in [5.74, 6) is 0.759. The van der Waals surface area contributed by atoms with Gasteiger partial charge < -0.3 is 5.73 Å². The van der Waals surface area contributed by atoms with Crippen LogP contribution in [0.5, 0.6) is 0 Å². The van der Waals surface area contributed by atoms with Crippen molar-refractivity contribution in [2.24, 2.45) is 4.99 Å². The Hall–Kier alpha value is -2.35. The fraction of sp³-hybridized carbons (Fsp3) is 0.0909. The Labute approximate surface area is 109 Å². The number of anilines is 1. The molecule has 1 aliphatic heterocycles. The second-order valence-corrected chi connectivity index (χ2v) is 5.73. The van der Waals surface area contributed by atoms with E-state index in [1.165, 1.54) is 0 Å². The van der Waals surface area contributed by atoms with E-state index in [-0.39, 0.29) is 11.4 Å². The van der Waals surface area contributed by atoms with Gasteiger partial charge in [-0.2, -0.15) is 5.10 Å². The van der Waals surface area contributed by atoms with Gasteiger partial charge in [-0.15, -0.1) is 0 Å². The van der Waals surface area contributed by atoms with Crippen molar-refractivity contribution in [3.63, 3.8) is 0 Å². The van der Waals surface area contributed by atoms with Gasteiger partial charge in [0.05, 0.1) is 17.6 Å². The highest BCUT2D eigenvalue weighted by Crippen LogP contribution is 2.22. The van der Waals surface area contributed by atoms with Crippen LogP contribution in [0.3, 0.4) is 0 Å². The van der Waals surface area contributed by atoms with Crippen LogP contribution in [-0.2, 0) is 16.6 Å². The highest BCUT2D eigenvalue weighted by atomic mass is 32.2. The Morgan fingerprint density at radius 1 is 1.32 bits per heavy atom. The van der Waals surface area contributed by atoms with Gasteiger partial charge in [0.1, 0.15) is 11.7 Å². The number of aromatic nitrogens is 2. The van der Waals surface area contributed by atoms with Gasteiger partial charge in [0, 0.05) is 11.1 Å². The van der Waals surface area contributed by atoms with Crippen LogP contribution in [0, 0.1) is 0 Å². The maximum absolute atomic E-state index is 11.9. The van der Waals surface area contributed by atoms with E-state index >= 15 is 0 Å². The molecule has 0 aliphatic carbocycles. The number of nitrogens with zero attached hydrogens (tertiary/aromatic N) is 2. The molecule has 0 unspecified atom stereocenters. The van der Waals surface area contributed by atoms with Gasteiger partial charge in [-0.05, 0) is 12.1 Å². The Morgan fingerprint density at radius 3 is 2.84 bits per heavy atom. The summed E-state index contributed by atoms with van der Waals surface area (Å²) < 4.78 is 26.1. The van der Waals surface area contributed by atoms with Crippen LogP contribution < -0.4 is 10.5 Å². The minimum atomic E-state index is -3.49. The van der Waals surface area contributed by atoms with Crippen molar-refractivity contribution in [1.29, 1.82) is 0 Å². The SMILES string of the molecule is Nc1[nH]ncc1CN=C1NS(=O)(=O)c2ccccc21. The van der Waals surface area contributed by atoms with Gasteiger partial charge in [-0.3, -0.25) is 14.8 Å². The molecule has 4 N–H and O–H groups in total. The van der Waals surface area contributed by atoms with E-state index in [0.717, 1.165) is 5.56 Å². The van der Waals surface area contributed by atoms with E-state index in [2.05, 4.69) is 19.9 Å². The van der Waals surface area contributed by atoms with Crippen molar-refractivity contribution >= 4 is 21.7 Å². The summed E-state index contributed by atoms with van der Waals surface area (Å²) >= 11 is 0. The monoisotopic (exact) mass is 277 g/mol. The molecule has 0 saturated carbocycles. The number of nitrogens with one attached hydrogen (secondary N) is 2. The number of hydrogen-bond donors (Lipinski definition) is 3. The molecule has 8 heteroatoms. The van der Waals surface area contributed by atoms with Crippen LogP contribution in [0.4, 0.5) is 5.82 Å². The van der Waals surface area contributed by atoms with Gasteiger partial charge >= 0.3 is 0 Å². The summed E-state index contributed by atoms with van der Waals surface area (Å²) in [4.78, 5) is 4.49. The topological polar surface area (TPSA) is 113 Å². The number of hydrogen-bond acceptors (Lipinski definition) is 5. The number of aliphatic imine (C=N–C) groups is 1. The Balaban J connectivity index is 1.98. The molecule has 0 amide bonds. The molecule has 2 aromatic rings. The minimum absolute atomic E-state index is 0.244. The molecule has 98 valence electrons. The minimum Gasteiger partial charge on any atom is -0.384 e. The van der Waals surface area contributed by atoms with Crippen LogP contribution in [0.15, 0.2) is 40.4 Å². The quantitative estimate of drug-likeness (QED) is 0.729. The first-order valence-electron chi connectivity index (χ1n) is 5.52. The van der Waals surface area contributed by atoms with E-state index in [9.17, 15) is 8.42 Å². The molecule has 19 heavy (non-hydrogen) atoms. The molecule has 0 spiro atoms. The highest BCUT2D eigenvalue weighted by molar-refractivity contribution is 7.90. The lowest BCUT2D eigenvalue weighted by Gasteiger charge is -1.98.